The van der Waals surface area contributed by atoms with Gasteiger partial charge in [0.25, 0.3) is 5.91 Å². The Morgan fingerprint density at radius 3 is 2.66 bits per heavy atom. The zero-order valence-corrected chi connectivity index (χ0v) is 19.6. The van der Waals surface area contributed by atoms with E-state index in [-0.39, 0.29) is 5.91 Å². The number of likely N-dealkylation sites (N-methyl/N-ethyl adjacent to an activating group) is 1. The second kappa shape index (κ2) is 9.54. The van der Waals surface area contributed by atoms with Gasteiger partial charge in [-0.3, -0.25) is 9.69 Å². The molecule has 0 N–H and O–H groups in total. The summed E-state index contributed by atoms with van der Waals surface area (Å²) in [5.41, 5.74) is 4.60. The van der Waals surface area contributed by atoms with Crippen LogP contribution in [-0.4, -0.2) is 38.1 Å². The lowest BCUT2D eigenvalue weighted by molar-refractivity contribution is -0.121. The Labute approximate surface area is 197 Å². The highest BCUT2D eigenvalue weighted by atomic mass is 32.2. The van der Waals surface area contributed by atoms with Crippen LogP contribution in [0.2, 0.25) is 0 Å². The van der Waals surface area contributed by atoms with E-state index in [0.29, 0.717) is 22.4 Å². The number of carbonyl (C=O) groups is 1. The van der Waals surface area contributed by atoms with Crippen LogP contribution in [0.15, 0.2) is 72.3 Å². The van der Waals surface area contributed by atoms with Crippen molar-refractivity contribution in [1.82, 2.24) is 14.7 Å². The monoisotopic (exact) mass is 461 g/mol. The molecule has 32 heavy (non-hydrogen) atoms. The zero-order chi connectivity index (χ0) is 22.7. The molecule has 0 spiro atoms. The molecule has 7 heteroatoms. The zero-order valence-electron chi connectivity index (χ0n) is 17.9. The number of amides is 1. The maximum Gasteiger partial charge on any atom is 0.266 e. The minimum atomic E-state index is -0.0641. The van der Waals surface area contributed by atoms with Crippen molar-refractivity contribution in [2.75, 3.05) is 13.2 Å². The lowest BCUT2D eigenvalue weighted by Crippen LogP contribution is -2.27. The highest BCUT2D eigenvalue weighted by Crippen LogP contribution is 2.36. The number of nitrogens with zero attached hydrogens (tertiary/aromatic N) is 3. The molecule has 1 saturated heterocycles. The average molecular weight is 462 g/mol. The van der Waals surface area contributed by atoms with Crippen LogP contribution in [0.3, 0.4) is 0 Å². The van der Waals surface area contributed by atoms with Crippen molar-refractivity contribution in [2.45, 2.75) is 13.8 Å². The molecule has 162 valence electrons. The summed E-state index contributed by atoms with van der Waals surface area (Å²) in [5, 5.41) is 4.88. The minimum absolute atomic E-state index is 0.0641. The summed E-state index contributed by atoms with van der Waals surface area (Å²) in [5.74, 6) is 0.713. The van der Waals surface area contributed by atoms with Crippen molar-refractivity contribution in [3.8, 4) is 22.7 Å². The predicted octanol–water partition coefficient (Wildman–Crippen LogP) is 5.63. The summed E-state index contributed by atoms with van der Waals surface area (Å²) in [7, 11) is 0. The number of aromatic nitrogens is 2. The smallest absolute Gasteiger partial charge is 0.266 e. The van der Waals surface area contributed by atoms with Gasteiger partial charge >= 0.3 is 0 Å². The van der Waals surface area contributed by atoms with Gasteiger partial charge < -0.3 is 4.74 Å². The number of thioether (sulfide) groups is 1. The van der Waals surface area contributed by atoms with E-state index in [4.69, 9.17) is 22.1 Å². The van der Waals surface area contributed by atoms with Gasteiger partial charge in [0.05, 0.1) is 10.6 Å². The molecule has 3 aromatic rings. The Balaban J connectivity index is 1.81. The van der Waals surface area contributed by atoms with Gasteiger partial charge in [-0.1, -0.05) is 54.8 Å². The molecule has 0 aliphatic carbocycles. The number of thiocarbonyl (C=S) groups is 1. The summed E-state index contributed by atoms with van der Waals surface area (Å²) in [6, 6.07) is 15.8. The molecular weight excluding hydrogens is 438 g/mol. The quantitative estimate of drug-likeness (QED) is 0.259. The number of para-hydroxylation sites is 1. The molecule has 0 unspecified atom stereocenters. The lowest BCUT2D eigenvalue weighted by Gasteiger charge is -2.09. The maximum absolute atomic E-state index is 12.8. The number of benzene rings is 2. The van der Waals surface area contributed by atoms with E-state index >= 15 is 0 Å². The van der Waals surface area contributed by atoms with Gasteiger partial charge in [-0.05, 0) is 55.8 Å². The predicted molar refractivity (Wildman–Crippen MR) is 135 cm³/mol. The third kappa shape index (κ3) is 4.40. The number of hydrogen-bond acceptors (Lipinski definition) is 5. The number of ether oxygens (including phenoxy) is 1. The summed E-state index contributed by atoms with van der Waals surface area (Å²) in [6.45, 7) is 8.65. The summed E-state index contributed by atoms with van der Waals surface area (Å²) < 4.78 is 8.09. The maximum atomic E-state index is 12.8. The van der Waals surface area contributed by atoms with E-state index in [0.717, 1.165) is 33.8 Å². The molecule has 1 aliphatic heterocycles. The first-order chi connectivity index (χ1) is 15.5. The highest BCUT2D eigenvalue weighted by Gasteiger charge is 2.31. The molecule has 0 radical (unpaired) electrons. The molecule has 2 heterocycles. The molecule has 0 atom stereocenters. The fourth-order valence-corrected chi connectivity index (χ4v) is 4.85. The Morgan fingerprint density at radius 2 is 2.00 bits per heavy atom. The first kappa shape index (κ1) is 22.0. The molecule has 1 fully saturated rings. The average Bonchev–Trinajstić information content (AvgIpc) is 3.33. The SMILES string of the molecule is C=CCOc1ccc(-c2nn(-c3ccccc3)cc2/C=C2\SC(=S)N(CC)C2=O)c(C)c1. The molecule has 2 aromatic carbocycles. The highest BCUT2D eigenvalue weighted by molar-refractivity contribution is 8.26. The van der Waals surface area contributed by atoms with Crippen molar-refractivity contribution in [3.05, 3.63) is 83.4 Å². The van der Waals surface area contributed by atoms with Gasteiger partial charge in [0.2, 0.25) is 0 Å². The minimum Gasteiger partial charge on any atom is -0.490 e. The topological polar surface area (TPSA) is 47.4 Å². The molecular formula is C25H23N3O2S2. The number of hydrogen-bond donors (Lipinski definition) is 0. The van der Waals surface area contributed by atoms with E-state index in [1.165, 1.54) is 11.8 Å². The Bertz CT molecular complexity index is 1220. The second-order valence-electron chi connectivity index (χ2n) is 7.22. The van der Waals surface area contributed by atoms with Gasteiger partial charge in [-0.2, -0.15) is 5.10 Å². The largest absolute Gasteiger partial charge is 0.490 e. The molecule has 5 nitrogen and oxygen atoms in total. The van der Waals surface area contributed by atoms with Crippen molar-refractivity contribution >= 4 is 40.3 Å². The van der Waals surface area contributed by atoms with E-state index in [9.17, 15) is 4.79 Å². The van der Waals surface area contributed by atoms with E-state index in [2.05, 4.69) is 6.58 Å². The van der Waals surface area contributed by atoms with Crippen LogP contribution in [0.25, 0.3) is 23.0 Å². The fourth-order valence-electron chi connectivity index (χ4n) is 3.48. The van der Waals surface area contributed by atoms with Gasteiger partial charge in [0.1, 0.15) is 22.4 Å². The van der Waals surface area contributed by atoms with E-state index < -0.39 is 0 Å². The summed E-state index contributed by atoms with van der Waals surface area (Å²) >= 11 is 6.70. The van der Waals surface area contributed by atoms with Crippen LogP contribution >= 0.6 is 24.0 Å². The molecule has 0 saturated carbocycles. The number of aryl methyl sites for hydroxylation is 1. The van der Waals surface area contributed by atoms with Crippen LogP contribution in [0.1, 0.15) is 18.1 Å². The third-order valence-corrected chi connectivity index (χ3v) is 6.44. The molecule has 1 amide bonds. The molecule has 4 rings (SSSR count). The van der Waals surface area contributed by atoms with Crippen LogP contribution < -0.4 is 4.74 Å². The van der Waals surface area contributed by atoms with Crippen molar-refractivity contribution in [1.29, 1.82) is 0 Å². The normalized spacial score (nSPS) is 14.9. The van der Waals surface area contributed by atoms with Crippen molar-refractivity contribution in [2.24, 2.45) is 0 Å². The Morgan fingerprint density at radius 1 is 1.22 bits per heavy atom. The second-order valence-corrected chi connectivity index (χ2v) is 8.89. The third-order valence-electron chi connectivity index (χ3n) is 5.06. The van der Waals surface area contributed by atoms with E-state index in [1.807, 2.05) is 79.3 Å². The fraction of sp³-hybridized carbons (Fsp3) is 0.160. The van der Waals surface area contributed by atoms with Crippen molar-refractivity contribution in [3.63, 3.8) is 0 Å². The van der Waals surface area contributed by atoms with Gasteiger partial charge in [0, 0.05) is 23.9 Å². The standard InChI is InChI=1S/C25H23N3O2S2/c1-4-13-30-20-11-12-21(17(3)14-20)23-18(15-22-24(29)27(5-2)25(31)32-22)16-28(26-23)19-9-7-6-8-10-19/h4,6-12,14-16H,1,5,13H2,2-3H3/b22-15-. The van der Waals surface area contributed by atoms with Gasteiger partial charge in [-0.25, -0.2) is 4.68 Å². The van der Waals surface area contributed by atoms with Crippen molar-refractivity contribution < 1.29 is 9.53 Å². The van der Waals surface area contributed by atoms with Crippen LogP contribution in [0.4, 0.5) is 0 Å². The molecule has 1 aliphatic rings. The lowest BCUT2D eigenvalue weighted by atomic mass is 10.0. The first-order valence-electron chi connectivity index (χ1n) is 10.3. The van der Waals surface area contributed by atoms with Crippen LogP contribution in [0, 0.1) is 6.92 Å². The van der Waals surface area contributed by atoms with Crippen LogP contribution in [0.5, 0.6) is 5.75 Å². The Hall–Kier alpha value is -3.16. The van der Waals surface area contributed by atoms with Crippen LogP contribution in [-0.2, 0) is 4.79 Å². The molecule has 1 aromatic heterocycles. The number of carbonyl (C=O) groups excluding carboxylic acids is 1. The summed E-state index contributed by atoms with van der Waals surface area (Å²) in [6.07, 6.45) is 5.55. The van der Waals surface area contributed by atoms with Gasteiger partial charge in [-0.15, -0.1) is 0 Å². The van der Waals surface area contributed by atoms with E-state index in [1.54, 1.807) is 11.0 Å². The van der Waals surface area contributed by atoms with Gasteiger partial charge in [0.15, 0.2) is 0 Å². The Kier molecular flexibility index (Phi) is 6.58. The molecule has 0 bridgehead atoms. The number of rotatable bonds is 7. The summed E-state index contributed by atoms with van der Waals surface area (Å²) in [4.78, 5) is 15.0. The first-order valence-corrected chi connectivity index (χ1v) is 11.5.